The van der Waals surface area contributed by atoms with Gasteiger partial charge in [0.1, 0.15) is 17.7 Å². The maximum Gasteiger partial charge on any atom is 0.247 e. The molecule has 1 atom stereocenters. The molecule has 12 heteroatoms. The molecule has 37 heavy (non-hydrogen) atoms. The molecule has 0 aliphatic carbocycles. The summed E-state index contributed by atoms with van der Waals surface area (Å²) in [6.07, 6.45) is 3.87. The van der Waals surface area contributed by atoms with Crippen molar-refractivity contribution >= 4 is 58.2 Å². The molecule has 1 aliphatic heterocycles. The second kappa shape index (κ2) is 12.7. The number of ether oxygens (including phenoxy) is 1. The Kier molecular flexibility index (Phi) is 9.62. The summed E-state index contributed by atoms with van der Waals surface area (Å²) in [6.45, 7) is 5.08. The zero-order chi connectivity index (χ0) is 27.1. The Morgan fingerprint density at radius 2 is 1.97 bits per heavy atom. The van der Waals surface area contributed by atoms with Crippen LogP contribution in [0.2, 0.25) is 10.0 Å². The molecule has 0 fully saturated rings. The van der Waals surface area contributed by atoms with Gasteiger partial charge in [-0.15, -0.1) is 0 Å². The molecule has 4 N–H and O–H groups in total. The molecule has 0 bridgehead atoms. The average Bonchev–Trinajstić information content (AvgIpc) is 2.88. The lowest BCUT2D eigenvalue weighted by Gasteiger charge is -2.27. The van der Waals surface area contributed by atoms with Crippen molar-refractivity contribution in [3.63, 3.8) is 0 Å². The topological polar surface area (TPSA) is 93.3 Å². The first-order chi connectivity index (χ1) is 17.6. The number of amides is 1. The van der Waals surface area contributed by atoms with E-state index in [0.717, 1.165) is 18.8 Å². The van der Waals surface area contributed by atoms with Gasteiger partial charge in [-0.1, -0.05) is 29.8 Å². The molecule has 2 aromatic carbocycles. The van der Waals surface area contributed by atoms with E-state index in [2.05, 4.69) is 37.7 Å². The lowest BCUT2D eigenvalue weighted by atomic mass is 10.2. The highest BCUT2D eigenvalue weighted by Gasteiger charge is 2.19. The number of methoxy groups -OCH3 is 1. The molecular weight excluding hydrogens is 520 g/mol. The van der Waals surface area contributed by atoms with E-state index >= 15 is 0 Å². The van der Waals surface area contributed by atoms with Crippen LogP contribution in [0.3, 0.4) is 0 Å². The Bertz CT molecular complexity index is 1220. The van der Waals surface area contributed by atoms with Gasteiger partial charge in [0.15, 0.2) is 5.82 Å². The summed E-state index contributed by atoms with van der Waals surface area (Å²) in [5, 5.41) is 12.0. The molecule has 0 spiro atoms. The normalized spacial score (nSPS) is 14.5. The van der Waals surface area contributed by atoms with E-state index in [1.165, 1.54) is 24.5 Å². The van der Waals surface area contributed by atoms with Crippen molar-refractivity contribution in [3.05, 3.63) is 64.7 Å². The number of aliphatic imine (C=N–C) groups is 1. The fraction of sp³-hybridized carbons (Fsp3) is 0.280. The number of nitrogens with zero attached hydrogens (tertiary/aromatic N) is 3. The lowest BCUT2D eigenvalue weighted by Crippen LogP contribution is -2.30. The van der Waals surface area contributed by atoms with E-state index in [1.54, 1.807) is 19.3 Å². The Labute approximate surface area is 226 Å². The molecule has 9 nitrogen and oxygen atoms in total. The molecular formula is C25H30Cl2FN7O2. The fourth-order valence-corrected chi connectivity index (χ4v) is 3.75. The number of halogens is 3. The number of carbonyl (C=O) groups is 1. The number of likely N-dealkylation sites (N-methyl/N-ethyl adjacent to an activating group) is 2. The maximum absolute atomic E-state index is 14.5. The summed E-state index contributed by atoms with van der Waals surface area (Å²) < 4.78 is 20.1. The van der Waals surface area contributed by atoms with E-state index in [9.17, 15) is 9.18 Å². The monoisotopic (exact) mass is 549 g/mol. The second-order valence-electron chi connectivity index (χ2n) is 8.43. The highest BCUT2D eigenvalue weighted by atomic mass is 35.5. The minimum absolute atomic E-state index is 0.124. The maximum atomic E-state index is 14.5. The molecule has 2 aromatic rings. The Morgan fingerprint density at radius 3 is 2.65 bits per heavy atom. The third kappa shape index (κ3) is 7.28. The van der Waals surface area contributed by atoms with Gasteiger partial charge in [0.25, 0.3) is 0 Å². The van der Waals surface area contributed by atoms with Gasteiger partial charge in [0.2, 0.25) is 5.91 Å². The highest BCUT2D eigenvalue weighted by molar-refractivity contribution is 6.42. The van der Waals surface area contributed by atoms with Gasteiger partial charge in [-0.05, 0) is 38.4 Å². The van der Waals surface area contributed by atoms with Crippen LogP contribution < -0.4 is 30.9 Å². The van der Waals surface area contributed by atoms with Crippen LogP contribution in [0.5, 0.6) is 5.75 Å². The van der Waals surface area contributed by atoms with Crippen LogP contribution >= 0.6 is 23.2 Å². The van der Waals surface area contributed by atoms with Crippen LogP contribution in [0.25, 0.3) is 0 Å². The summed E-state index contributed by atoms with van der Waals surface area (Å²) in [4.78, 5) is 20.6. The predicted octanol–water partition coefficient (Wildman–Crippen LogP) is 4.59. The van der Waals surface area contributed by atoms with E-state index < -0.39 is 12.0 Å². The lowest BCUT2D eigenvalue weighted by molar-refractivity contribution is -0.111. The predicted molar refractivity (Wildman–Crippen MR) is 151 cm³/mol. The van der Waals surface area contributed by atoms with Gasteiger partial charge in [-0.2, -0.15) is 0 Å². The summed E-state index contributed by atoms with van der Waals surface area (Å²) in [5.41, 5.74) is 2.10. The Balaban J connectivity index is 1.88. The molecule has 1 heterocycles. The largest absolute Gasteiger partial charge is 0.495 e. The zero-order valence-corrected chi connectivity index (χ0v) is 22.5. The molecule has 1 amide bonds. The van der Waals surface area contributed by atoms with Crippen molar-refractivity contribution in [3.8, 4) is 5.75 Å². The Hall–Kier alpha value is -3.47. The first kappa shape index (κ1) is 28.1. The molecule has 0 saturated carbocycles. The smallest absolute Gasteiger partial charge is 0.247 e. The summed E-state index contributed by atoms with van der Waals surface area (Å²) in [7, 11) is 7.49. The van der Waals surface area contributed by atoms with Gasteiger partial charge in [0, 0.05) is 32.3 Å². The number of anilines is 4. The minimum atomic E-state index is -0.665. The van der Waals surface area contributed by atoms with E-state index in [1.807, 2.05) is 32.1 Å². The molecule has 0 aromatic heterocycles. The van der Waals surface area contributed by atoms with Gasteiger partial charge in [0.05, 0.1) is 46.2 Å². The zero-order valence-electron chi connectivity index (χ0n) is 21.0. The first-order valence-corrected chi connectivity index (χ1v) is 12.1. The fourth-order valence-electron chi connectivity index (χ4n) is 3.44. The van der Waals surface area contributed by atoms with E-state index in [0.29, 0.717) is 22.9 Å². The van der Waals surface area contributed by atoms with Crippen LogP contribution in [0.1, 0.15) is 0 Å². The molecule has 1 unspecified atom stereocenters. The van der Waals surface area contributed by atoms with Gasteiger partial charge < -0.3 is 35.8 Å². The first-order valence-electron chi connectivity index (χ1n) is 11.3. The number of hydrogen-bond donors (Lipinski definition) is 4. The van der Waals surface area contributed by atoms with Crippen molar-refractivity contribution in [1.82, 2.24) is 10.2 Å². The summed E-state index contributed by atoms with van der Waals surface area (Å²) in [6, 6.07) is 6.61. The van der Waals surface area contributed by atoms with Gasteiger partial charge >= 0.3 is 0 Å². The van der Waals surface area contributed by atoms with Crippen LogP contribution in [0.4, 0.5) is 27.1 Å². The average molecular weight is 550 g/mol. The molecule has 0 radical (unpaired) electrons. The van der Waals surface area contributed by atoms with Crippen LogP contribution in [0, 0.1) is 5.82 Å². The summed E-state index contributed by atoms with van der Waals surface area (Å²) >= 11 is 11.8. The van der Waals surface area contributed by atoms with E-state index in [-0.39, 0.29) is 21.6 Å². The molecule has 0 saturated heterocycles. The Morgan fingerprint density at radius 1 is 1.22 bits per heavy atom. The highest BCUT2D eigenvalue weighted by Crippen LogP contribution is 2.37. The quantitative estimate of drug-likeness (QED) is 0.240. The number of hydrogen-bond acceptors (Lipinski definition) is 8. The third-order valence-electron chi connectivity index (χ3n) is 5.44. The van der Waals surface area contributed by atoms with Gasteiger partial charge in [-0.3, -0.25) is 4.79 Å². The minimum Gasteiger partial charge on any atom is -0.495 e. The third-order valence-corrected chi connectivity index (χ3v) is 6.22. The van der Waals surface area contributed by atoms with Crippen molar-refractivity contribution in [2.75, 3.05) is 62.2 Å². The van der Waals surface area contributed by atoms with Crippen molar-refractivity contribution in [2.45, 2.75) is 6.17 Å². The van der Waals surface area contributed by atoms with Gasteiger partial charge in [-0.25, -0.2) is 9.38 Å². The molecule has 3 rings (SSSR count). The van der Waals surface area contributed by atoms with Crippen molar-refractivity contribution in [2.24, 2.45) is 4.99 Å². The van der Waals surface area contributed by atoms with Crippen molar-refractivity contribution < 1.29 is 13.9 Å². The number of rotatable bonds is 11. The molecule has 1 aliphatic rings. The van der Waals surface area contributed by atoms with Crippen LogP contribution in [-0.2, 0) is 4.79 Å². The number of carbonyl (C=O) groups excluding carboxylic acids is 1. The van der Waals surface area contributed by atoms with Crippen LogP contribution in [-0.4, -0.2) is 64.7 Å². The second-order valence-corrected chi connectivity index (χ2v) is 9.21. The van der Waals surface area contributed by atoms with Crippen molar-refractivity contribution in [1.29, 1.82) is 0 Å². The SMILES string of the molecule is C=CC(=O)Nc1cc(NC2C=C(Nc3ccc(Cl)c(Cl)c3F)NC=N2)c(OC)cc1N(C)CCN(C)C. The number of benzene rings is 2. The van der Waals surface area contributed by atoms with Crippen LogP contribution in [0.15, 0.2) is 53.8 Å². The van der Waals surface area contributed by atoms with E-state index in [4.69, 9.17) is 27.9 Å². The summed E-state index contributed by atoms with van der Waals surface area (Å²) in [5.74, 6) is 0.0230. The number of nitrogens with one attached hydrogen (secondary N) is 4. The molecule has 198 valence electrons. The standard InChI is InChI=1S/C25H30Cl2FN7O2/c1-6-23(36)33-17-11-18(20(37-5)12-19(17)35(4)10-9-34(2)3)32-22-13-21(29-14-30-22)31-16-8-7-15(26)24(27)25(16)28/h6-8,11-14,22,31-32H,1,9-10H2,2-5H3,(H,29,30)(H,33,36).